The summed E-state index contributed by atoms with van der Waals surface area (Å²) in [7, 11) is 0. The molecule has 0 aliphatic carbocycles. The van der Waals surface area contributed by atoms with Crippen molar-refractivity contribution in [2.75, 3.05) is 5.32 Å². The summed E-state index contributed by atoms with van der Waals surface area (Å²) >= 11 is 5.83. The van der Waals surface area contributed by atoms with Crippen LogP contribution in [0.25, 0.3) is 0 Å². The highest BCUT2D eigenvalue weighted by molar-refractivity contribution is 6.29. The average molecular weight is 290 g/mol. The first-order chi connectivity index (χ1) is 9.45. The van der Waals surface area contributed by atoms with Crippen LogP contribution in [0.15, 0.2) is 30.3 Å². The standard InChI is InChI=1S/C15H16ClN3O/c1-9(2)11-4-6-12(7-5-11)14(20)19-15-17-10(3)8-13(16)18-15/h4-9H,1-3H3,(H,17,18,19,20). The van der Waals surface area contributed by atoms with E-state index in [0.29, 0.717) is 22.3 Å². The first-order valence-corrected chi connectivity index (χ1v) is 6.76. The van der Waals surface area contributed by atoms with Crippen LogP contribution in [0.2, 0.25) is 5.15 Å². The average Bonchev–Trinajstić information content (AvgIpc) is 2.37. The van der Waals surface area contributed by atoms with Gasteiger partial charge in [-0.1, -0.05) is 37.6 Å². The zero-order valence-corrected chi connectivity index (χ0v) is 12.4. The van der Waals surface area contributed by atoms with Crippen molar-refractivity contribution in [2.24, 2.45) is 0 Å². The van der Waals surface area contributed by atoms with Crippen LogP contribution in [0.1, 0.15) is 41.4 Å². The van der Waals surface area contributed by atoms with Crippen LogP contribution in [-0.2, 0) is 0 Å². The molecule has 5 heteroatoms. The van der Waals surface area contributed by atoms with Gasteiger partial charge in [0.1, 0.15) is 5.15 Å². The van der Waals surface area contributed by atoms with Crippen LogP contribution < -0.4 is 5.32 Å². The number of aryl methyl sites for hydroxylation is 1. The minimum Gasteiger partial charge on any atom is -0.290 e. The first-order valence-electron chi connectivity index (χ1n) is 6.38. The van der Waals surface area contributed by atoms with Gasteiger partial charge in [-0.2, -0.15) is 0 Å². The number of aromatic nitrogens is 2. The summed E-state index contributed by atoms with van der Waals surface area (Å²) in [6.45, 7) is 6.01. The van der Waals surface area contributed by atoms with Gasteiger partial charge in [-0.15, -0.1) is 0 Å². The summed E-state index contributed by atoms with van der Waals surface area (Å²) < 4.78 is 0. The lowest BCUT2D eigenvalue weighted by Gasteiger charge is -2.07. The summed E-state index contributed by atoms with van der Waals surface area (Å²) in [6, 6.07) is 9.12. The quantitative estimate of drug-likeness (QED) is 0.874. The van der Waals surface area contributed by atoms with E-state index in [1.807, 2.05) is 12.1 Å². The molecular formula is C15H16ClN3O. The molecule has 0 bridgehead atoms. The van der Waals surface area contributed by atoms with Gasteiger partial charge in [0, 0.05) is 11.3 Å². The number of nitrogens with zero attached hydrogens (tertiary/aromatic N) is 2. The zero-order valence-electron chi connectivity index (χ0n) is 11.6. The highest BCUT2D eigenvalue weighted by Crippen LogP contribution is 2.16. The van der Waals surface area contributed by atoms with Gasteiger partial charge in [-0.3, -0.25) is 10.1 Å². The molecule has 0 radical (unpaired) electrons. The van der Waals surface area contributed by atoms with Crippen LogP contribution in [-0.4, -0.2) is 15.9 Å². The van der Waals surface area contributed by atoms with Crippen molar-refractivity contribution in [1.82, 2.24) is 9.97 Å². The topological polar surface area (TPSA) is 54.9 Å². The summed E-state index contributed by atoms with van der Waals surface area (Å²) in [6.07, 6.45) is 0. The Bertz CT molecular complexity index is 603. The van der Waals surface area contributed by atoms with Gasteiger partial charge in [0.2, 0.25) is 5.95 Å². The smallest absolute Gasteiger partial charge is 0.258 e. The van der Waals surface area contributed by atoms with Crippen molar-refractivity contribution in [3.8, 4) is 0 Å². The van der Waals surface area contributed by atoms with E-state index in [1.165, 1.54) is 5.56 Å². The van der Waals surface area contributed by atoms with E-state index >= 15 is 0 Å². The maximum Gasteiger partial charge on any atom is 0.258 e. The highest BCUT2D eigenvalue weighted by Gasteiger charge is 2.09. The minimum atomic E-state index is -0.248. The first kappa shape index (κ1) is 14.5. The summed E-state index contributed by atoms with van der Waals surface area (Å²) in [5, 5.41) is 2.95. The molecule has 104 valence electrons. The van der Waals surface area contributed by atoms with Crippen molar-refractivity contribution < 1.29 is 4.79 Å². The maximum absolute atomic E-state index is 12.1. The molecule has 0 atom stereocenters. The number of benzene rings is 1. The molecule has 20 heavy (non-hydrogen) atoms. The Balaban J connectivity index is 2.15. The molecule has 2 rings (SSSR count). The van der Waals surface area contributed by atoms with Gasteiger partial charge in [0.25, 0.3) is 5.91 Å². The summed E-state index contributed by atoms with van der Waals surface area (Å²) in [5.41, 5.74) is 2.46. The summed E-state index contributed by atoms with van der Waals surface area (Å²) in [5.74, 6) is 0.404. The molecule has 0 spiro atoms. The fourth-order valence-electron chi connectivity index (χ4n) is 1.78. The lowest BCUT2D eigenvalue weighted by molar-refractivity contribution is 0.102. The molecule has 1 aromatic heterocycles. The number of hydrogen-bond acceptors (Lipinski definition) is 3. The van der Waals surface area contributed by atoms with Gasteiger partial charge in [0.05, 0.1) is 0 Å². The van der Waals surface area contributed by atoms with E-state index in [2.05, 4.69) is 29.1 Å². The van der Waals surface area contributed by atoms with Gasteiger partial charge in [-0.25, -0.2) is 9.97 Å². The number of carbonyl (C=O) groups excluding carboxylic acids is 1. The number of hydrogen-bond donors (Lipinski definition) is 1. The minimum absolute atomic E-state index is 0.216. The Hall–Kier alpha value is -1.94. The molecule has 0 saturated heterocycles. The number of anilines is 1. The van der Waals surface area contributed by atoms with Crippen LogP contribution >= 0.6 is 11.6 Å². The Morgan fingerprint density at radius 3 is 2.40 bits per heavy atom. The normalized spacial score (nSPS) is 10.7. The second kappa shape index (κ2) is 6.01. The van der Waals surface area contributed by atoms with E-state index < -0.39 is 0 Å². The Labute approximate surface area is 123 Å². The van der Waals surface area contributed by atoms with Crippen molar-refractivity contribution in [1.29, 1.82) is 0 Å². The SMILES string of the molecule is Cc1cc(Cl)nc(NC(=O)c2ccc(C(C)C)cc2)n1. The third-order valence-corrected chi connectivity index (χ3v) is 3.08. The van der Waals surface area contributed by atoms with Gasteiger partial charge in [-0.05, 0) is 36.6 Å². The fourth-order valence-corrected chi connectivity index (χ4v) is 2.02. The van der Waals surface area contributed by atoms with Crippen LogP contribution in [0.5, 0.6) is 0 Å². The molecule has 1 N–H and O–H groups in total. The molecule has 0 saturated carbocycles. The van der Waals surface area contributed by atoms with Gasteiger partial charge in [0.15, 0.2) is 0 Å². The number of amides is 1. The second-order valence-electron chi connectivity index (χ2n) is 4.89. The predicted molar refractivity (Wildman–Crippen MR) is 80.3 cm³/mol. The molecular weight excluding hydrogens is 274 g/mol. The fraction of sp³-hybridized carbons (Fsp3) is 0.267. The number of nitrogens with one attached hydrogen (secondary N) is 1. The monoisotopic (exact) mass is 289 g/mol. The Kier molecular flexibility index (Phi) is 4.35. The van der Waals surface area contributed by atoms with E-state index in [-0.39, 0.29) is 11.9 Å². The van der Waals surface area contributed by atoms with E-state index in [1.54, 1.807) is 25.1 Å². The van der Waals surface area contributed by atoms with Crippen molar-refractivity contribution in [3.63, 3.8) is 0 Å². The van der Waals surface area contributed by atoms with Crippen LogP contribution in [0, 0.1) is 6.92 Å². The van der Waals surface area contributed by atoms with E-state index in [9.17, 15) is 4.79 Å². The molecule has 0 fully saturated rings. The van der Waals surface area contributed by atoms with Crippen molar-refractivity contribution in [2.45, 2.75) is 26.7 Å². The largest absolute Gasteiger partial charge is 0.290 e. The van der Waals surface area contributed by atoms with Gasteiger partial charge >= 0.3 is 0 Å². The molecule has 1 heterocycles. The molecule has 1 aromatic carbocycles. The third kappa shape index (κ3) is 3.54. The van der Waals surface area contributed by atoms with Crippen molar-refractivity contribution in [3.05, 3.63) is 52.3 Å². The number of halogens is 1. The zero-order chi connectivity index (χ0) is 14.7. The van der Waals surface area contributed by atoms with E-state index in [4.69, 9.17) is 11.6 Å². The summed E-state index contributed by atoms with van der Waals surface area (Å²) in [4.78, 5) is 20.2. The molecule has 1 amide bonds. The molecule has 2 aromatic rings. The number of carbonyl (C=O) groups is 1. The van der Waals surface area contributed by atoms with Crippen LogP contribution in [0.4, 0.5) is 5.95 Å². The van der Waals surface area contributed by atoms with Crippen molar-refractivity contribution >= 4 is 23.5 Å². The second-order valence-corrected chi connectivity index (χ2v) is 5.27. The highest BCUT2D eigenvalue weighted by atomic mass is 35.5. The predicted octanol–water partition coefficient (Wildman–Crippen LogP) is 3.81. The molecule has 0 aliphatic heterocycles. The third-order valence-electron chi connectivity index (χ3n) is 2.89. The molecule has 0 aliphatic rings. The van der Waals surface area contributed by atoms with E-state index in [0.717, 1.165) is 0 Å². The number of rotatable bonds is 3. The maximum atomic E-state index is 12.1. The van der Waals surface area contributed by atoms with Crippen LogP contribution in [0.3, 0.4) is 0 Å². The van der Waals surface area contributed by atoms with Gasteiger partial charge < -0.3 is 0 Å². The Morgan fingerprint density at radius 1 is 1.20 bits per heavy atom. The Morgan fingerprint density at radius 2 is 1.85 bits per heavy atom. The lowest BCUT2D eigenvalue weighted by atomic mass is 10.0. The molecule has 4 nitrogen and oxygen atoms in total. The molecule has 0 unspecified atom stereocenters. The lowest BCUT2D eigenvalue weighted by Crippen LogP contribution is -2.14.